The van der Waals surface area contributed by atoms with E-state index in [0.717, 1.165) is 0 Å². The Morgan fingerprint density at radius 1 is 1.39 bits per heavy atom. The van der Waals surface area contributed by atoms with Crippen LogP contribution in [0.3, 0.4) is 0 Å². The van der Waals surface area contributed by atoms with Gasteiger partial charge >= 0.3 is 11.9 Å². The van der Waals surface area contributed by atoms with Crippen LogP contribution in [0.5, 0.6) is 11.5 Å². The molecule has 0 radical (unpaired) electrons. The van der Waals surface area contributed by atoms with Crippen LogP contribution in [0, 0.1) is 5.41 Å². The van der Waals surface area contributed by atoms with Gasteiger partial charge in [-0.05, 0) is 6.92 Å². The SMILES string of the molecule is CC1(COC(=O)C(=O)O)COc2cscc2OC1. The quantitative estimate of drug-likeness (QED) is 0.642. The van der Waals surface area contributed by atoms with Crippen LogP contribution in [0.4, 0.5) is 0 Å². The van der Waals surface area contributed by atoms with Gasteiger partial charge in [0.05, 0.1) is 5.41 Å². The average molecular weight is 272 g/mol. The van der Waals surface area contributed by atoms with Crippen LogP contribution in [-0.4, -0.2) is 36.9 Å². The van der Waals surface area contributed by atoms with Gasteiger partial charge in [-0.15, -0.1) is 11.3 Å². The molecule has 1 aromatic heterocycles. The Morgan fingerprint density at radius 2 is 1.94 bits per heavy atom. The molecule has 1 aromatic rings. The number of ether oxygens (including phenoxy) is 3. The van der Waals surface area contributed by atoms with E-state index >= 15 is 0 Å². The Morgan fingerprint density at radius 3 is 2.44 bits per heavy atom. The summed E-state index contributed by atoms with van der Waals surface area (Å²) in [6.07, 6.45) is 0. The molecule has 18 heavy (non-hydrogen) atoms. The highest BCUT2D eigenvalue weighted by Crippen LogP contribution is 2.36. The lowest BCUT2D eigenvalue weighted by Gasteiger charge is -2.25. The maximum Gasteiger partial charge on any atom is 0.417 e. The zero-order valence-corrected chi connectivity index (χ0v) is 10.5. The van der Waals surface area contributed by atoms with E-state index in [1.165, 1.54) is 11.3 Å². The standard InChI is InChI=1S/C11H12O6S/c1-11(6-17-10(14)9(12)13)4-15-7-2-18-3-8(7)16-5-11/h2-3H,4-6H2,1H3,(H,12,13). The summed E-state index contributed by atoms with van der Waals surface area (Å²) in [6, 6.07) is 0. The molecule has 6 nitrogen and oxygen atoms in total. The molecule has 0 fully saturated rings. The largest absolute Gasteiger partial charge is 0.488 e. The van der Waals surface area contributed by atoms with Gasteiger partial charge in [-0.2, -0.15) is 0 Å². The monoisotopic (exact) mass is 272 g/mol. The highest BCUT2D eigenvalue weighted by molar-refractivity contribution is 7.08. The van der Waals surface area contributed by atoms with Crippen LogP contribution < -0.4 is 9.47 Å². The number of carbonyl (C=O) groups is 2. The van der Waals surface area contributed by atoms with Crippen molar-refractivity contribution in [2.75, 3.05) is 19.8 Å². The molecule has 0 bridgehead atoms. The molecule has 0 aliphatic carbocycles. The van der Waals surface area contributed by atoms with Gasteiger partial charge in [-0.3, -0.25) is 0 Å². The molecule has 1 N–H and O–H groups in total. The van der Waals surface area contributed by atoms with E-state index in [1.54, 1.807) is 6.92 Å². The maximum atomic E-state index is 10.9. The van der Waals surface area contributed by atoms with Crippen LogP contribution >= 0.6 is 11.3 Å². The number of rotatable bonds is 2. The third-order valence-electron chi connectivity index (χ3n) is 2.47. The van der Waals surface area contributed by atoms with Gasteiger partial charge in [0.25, 0.3) is 0 Å². The molecule has 0 amide bonds. The van der Waals surface area contributed by atoms with E-state index in [2.05, 4.69) is 4.74 Å². The van der Waals surface area contributed by atoms with Gasteiger partial charge in [0, 0.05) is 10.8 Å². The van der Waals surface area contributed by atoms with Gasteiger partial charge in [-0.25, -0.2) is 9.59 Å². The second-order valence-corrected chi connectivity index (χ2v) is 5.11. The molecule has 0 atom stereocenters. The Balaban J connectivity index is 1.95. The minimum absolute atomic E-state index is 0.0637. The molecule has 2 heterocycles. The third kappa shape index (κ3) is 2.73. The van der Waals surface area contributed by atoms with Crippen LogP contribution in [-0.2, 0) is 14.3 Å². The van der Waals surface area contributed by atoms with Crippen LogP contribution in [0.15, 0.2) is 10.8 Å². The number of thiophene rings is 1. The predicted molar refractivity (Wildman–Crippen MR) is 62.0 cm³/mol. The van der Waals surface area contributed by atoms with Crippen LogP contribution in [0.25, 0.3) is 0 Å². The average Bonchev–Trinajstić information content (AvgIpc) is 2.73. The summed E-state index contributed by atoms with van der Waals surface area (Å²) < 4.78 is 15.8. The van der Waals surface area contributed by atoms with Crippen molar-refractivity contribution in [2.45, 2.75) is 6.92 Å². The molecule has 98 valence electrons. The highest BCUT2D eigenvalue weighted by Gasteiger charge is 2.33. The second kappa shape index (κ2) is 4.85. The van der Waals surface area contributed by atoms with E-state index < -0.39 is 17.4 Å². The summed E-state index contributed by atoms with van der Waals surface area (Å²) in [6.45, 7) is 2.33. The van der Waals surface area contributed by atoms with E-state index in [0.29, 0.717) is 24.7 Å². The topological polar surface area (TPSA) is 82.1 Å². The summed E-state index contributed by atoms with van der Waals surface area (Å²) in [5.74, 6) is -1.55. The summed E-state index contributed by atoms with van der Waals surface area (Å²) >= 11 is 1.47. The minimum atomic E-state index is -1.60. The normalized spacial score (nSPS) is 16.7. The second-order valence-electron chi connectivity index (χ2n) is 4.37. The molecule has 0 aromatic carbocycles. The molecule has 2 rings (SSSR count). The molecule has 0 saturated carbocycles. The smallest absolute Gasteiger partial charge is 0.417 e. The van der Waals surface area contributed by atoms with Gasteiger partial charge < -0.3 is 19.3 Å². The molecule has 1 aliphatic rings. The van der Waals surface area contributed by atoms with Crippen LogP contribution in [0.2, 0.25) is 0 Å². The first-order chi connectivity index (χ1) is 8.50. The first kappa shape index (κ1) is 12.7. The first-order valence-electron chi connectivity index (χ1n) is 5.22. The van der Waals surface area contributed by atoms with Crippen molar-refractivity contribution >= 4 is 23.3 Å². The van der Waals surface area contributed by atoms with Crippen molar-refractivity contribution in [3.05, 3.63) is 10.8 Å². The number of carboxylic acids is 1. The minimum Gasteiger partial charge on any atom is -0.488 e. The van der Waals surface area contributed by atoms with Crippen molar-refractivity contribution in [2.24, 2.45) is 5.41 Å². The Bertz CT molecular complexity index is 443. The van der Waals surface area contributed by atoms with Crippen molar-refractivity contribution in [1.29, 1.82) is 0 Å². The molecule has 0 saturated heterocycles. The lowest BCUT2D eigenvalue weighted by Crippen LogP contribution is -2.37. The highest BCUT2D eigenvalue weighted by atomic mass is 32.1. The fourth-order valence-corrected chi connectivity index (χ4v) is 2.10. The van der Waals surface area contributed by atoms with Crippen molar-refractivity contribution in [3.63, 3.8) is 0 Å². The van der Waals surface area contributed by atoms with Gasteiger partial charge in [0.2, 0.25) is 0 Å². The molecule has 0 spiro atoms. The fraction of sp³-hybridized carbons (Fsp3) is 0.455. The van der Waals surface area contributed by atoms with Crippen molar-refractivity contribution in [3.8, 4) is 11.5 Å². The number of carboxylic acid groups (broad SMARTS) is 1. The van der Waals surface area contributed by atoms with E-state index in [4.69, 9.17) is 14.6 Å². The van der Waals surface area contributed by atoms with Gasteiger partial charge in [0.1, 0.15) is 19.8 Å². The summed E-state index contributed by atoms with van der Waals surface area (Å²) in [7, 11) is 0. The fourth-order valence-electron chi connectivity index (χ4n) is 1.41. The van der Waals surface area contributed by atoms with Crippen molar-refractivity contribution in [1.82, 2.24) is 0 Å². The number of hydrogen-bond donors (Lipinski definition) is 1. The third-order valence-corrected chi connectivity index (χ3v) is 3.17. The molecule has 1 aliphatic heterocycles. The Kier molecular flexibility index (Phi) is 3.42. The van der Waals surface area contributed by atoms with Crippen molar-refractivity contribution < 1.29 is 28.9 Å². The summed E-state index contributed by atoms with van der Waals surface area (Å²) in [5, 5.41) is 12.1. The van der Waals surface area contributed by atoms with E-state index in [9.17, 15) is 9.59 Å². The Hall–Kier alpha value is -1.76. The predicted octanol–water partition coefficient (Wildman–Crippen LogP) is 1.15. The lowest BCUT2D eigenvalue weighted by atomic mass is 9.94. The summed E-state index contributed by atoms with van der Waals surface area (Å²) in [5.41, 5.74) is -0.568. The van der Waals surface area contributed by atoms with Gasteiger partial charge in [0.15, 0.2) is 11.5 Å². The maximum absolute atomic E-state index is 10.9. The number of aliphatic carboxylic acids is 1. The molecule has 0 unspecified atom stereocenters. The number of carbonyl (C=O) groups excluding carboxylic acids is 1. The van der Waals surface area contributed by atoms with Crippen LogP contribution in [0.1, 0.15) is 6.92 Å². The first-order valence-corrected chi connectivity index (χ1v) is 6.16. The zero-order valence-electron chi connectivity index (χ0n) is 9.67. The summed E-state index contributed by atoms with van der Waals surface area (Å²) in [4.78, 5) is 21.2. The van der Waals surface area contributed by atoms with Gasteiger partial charge in [-0.1, -0.05) is 0 Å². The Labute approximate surface area is 107 Å². The zero-order chi connectivity index (χ0) is 13.2. The number of fused-ring (bicyclic) bond motifs is 1. The number of hydrogen-bond acceptors (Lipinski definition) is 6. The van der Waals surface area contributed by atoms with E-state index in [1.807, 2.05) is 10.8 Å². The molecular weight excluding hydrogens is 260 g/mol. The number of esters is 1. The molecule has 7 heteroatoms. The molecular formula is C11H12O6S. The van der Waals surface area contributed by atoms with E-state index in [-0.39, 0.29) is 6.61 Å². The lowest BCUT2D eigenvalue weighted by molar-refractivity contribution is -0.166.